The van der Waals surface area contributed by atoms with Gasteiger partial charge in [0.25, 0.3) is 11.6 Å². The monoisotopic (exact) mass is 359 g/mol. The number of hydrogen-bond donors (Lipinski definition) is 1. The molecule has 6 nitrogen and oxygen atoms in total. The highest BCUT2D eigenvalue weighted by molar-refractivity contribution is 5.96. The van der Waals surface area contributed by atoms with E-state index in [0.29, 0.717) is 17.2 Å². The molecule has 1 aliphatic carbocycles. The van der Waals surface area contributed by atoms with Gasteiger partial charge in [0.05, 0.1) is 4.92 Å². The molecule has 6 heteroatoms. The Labute approximate surface area is 155 Å². The van der Waals surface area contributed by atoms with Crippen molar-refractivity contribution in [3.8, 4) is 0 Å². The molecule has 1 atom stereocenters. The summed E-state index contributed by atoms with van der Waals surface area (Å²) in [5.41, 5.74) is 1.05. The zero-order valence-electron chi connectivity index (χ0n) is 15.6. The van der Waals surface area contributed by atoms with Crippen LogP contribution in [0.2, 0.25) is 0 Å². The third kappa shape index (κ3) is 4.54. The first-order valence-electron chi connectivity index (χ1n) is 9.89. The van der Waals surface area contributed by atoms with Gasteiger partial charge in [-0.25, -0.2) is 0 Å². The molecule has 1 aromatic rings. The number of nitro groups is 1. The summed E-state index contributed by atoms with van der Waals surface area (Å²) in [5, 5.41) is 14.7. The maximum absolute atomic E-state index is 12.6. The maximum Gasteiger partial charge on any atom is 0.293 e. The van der Waals surface area contributed by atoms with Gasteiger partial charge < -0.3 is 10.2 Å². The Hall–Kier alpha value is -2.11. The van der Waals surface area contributed by atoms with Crippen molar-refractivity contribution < 1.29 is 9.72 Å². The lowest BCUT2D eigenvalue weighted by atomic mass is 9.99. The van der Waals surface area contributed by atoms with E-state index in [4.69, 9.17) is 0 Å². The molecule has 142 valence electrons. The normalized spacial score (nSPS) is 21.9. The predicted molar refractivity (Wildman–Crippen MR) is 103 cm³/mol. The Balaban J connectivity index is 1.77. The fraction of sp³-hybridized carbons (Fsp3) is 0.650. The SMILES string of the molecule is C[C@@H]1CCCN(c2ccc(C(=O)NC3CCCCCC3)cc2[N+](=O)[O-])C1. The first kappa shape index (κ1) is 18.7. The number of piperidine rings is 1. The molecule has 0 spiro atoms. The molecule has 1 saturated carbocycles. The van der Waals surface area contributed by atoms with E-state index in [-0.39, 0.29) is 22.6 Å². The highest BCUT2D eigenvalue weighted by atomic mass is 16.6. The molecule has 1 heterocycles. The summed E-state index contributed by atoms with van der Waals surface area (Å²) in [6.07, 6.45) is 8.92. The summed E-state index contributed by atoms with van der Waals surface area (Å²) in [7, 11) is 0. The van der Waals surface area contributed by atoms with Crippen LogP contribution in [-0.2, 0) is 0 Å². The Morgan fingerprint density at radius 1 is 1.15 bits per heavy atom. The highest BCUT2D eigenvalue weighted by Crippen LogP contribution is 2.32. The van der Waals surface area contributed by atoms with Crippen LogP contribution in [0.5, 0.6) is 0 Å². The molecule has 2 fully saturated rings. The number of nitrogens with one attached hydrogen (secondary N) is 1. The smallest absolute Gasteiger partial charge is 0.293 e. The van der Waals surface area contributed by atoms with Crippen LogP contribution in [0.3, 0.4) is 0 Å². The average molecular weight is 359 g/mol. The van der Waals surface area contributed by atoms with Crippen molar-refractivity contribution in [3.63, 3.8) is 0 Å². The van der Waals surface area contributed by atoms with Crippen LogP contribution >= 0.6 is 0 Å². The van der Waals surface area contributed by atoms with Gasteiger partial charge in [-0.3, -0.25) is 14.9 Å². The Morgan fingerprint density at radius 2 is 1.88 bits per heavy atom. The van der Waals surface area contributed by atoms with Gasteiger partial charge in [0.1, 0.15) is 5.69 Å². The maximum atomic E-state index is 12.6. The van der Waals surface area contributed by atoms with E-state index in [1.54, 1.807) is 12.1 Å². The van der Waals surface area contributed by atoms with Crippen molar-refractivity contribution >= 4 is 17.3 Å². The van der Waals surface area contributed by atoms with Crippen molar-refractivity contribution in [2.45, 2.75) is 64.3 Å². The molecule has 1 N–H and O–H groups in total. The number of nitrogens with zero attached hydrogens (tertiary/aromatic N) is 2. The summed E-state index contributed by atoms with van der Waals surface area (Å²) in [6, 6.07) is 5.11. The Bertz CT molecular complexity index is 654. The van der Waals surface area contributed by atoms with Crippen LogP contribution in [0.1, 0.15) is 68.6 Å². The predicted octanol–water partition coefficient (Wildman–Crippen LogP) is 4.28. The largest absolute Gasteiger partial charge is 0.366 e. The van der Waals surface area contributed by atoms with Gasteiger partial charge in [0.2, 0.25) is 0 Å². The first-order chi connectivity index (χ1) is 12.5. The van der Waals surface area contributed by atoms with Crippen LogP contribution in [0.4, 0.5) is 11.4 Å². The number of carbonyl (C=O) groups excluding carboxylic acids is 1. The number of anilines is 1. The van der Waals surface area contributed by atoms with Crippen molar-refractivity contribution in [1.29, 1.82) is 0 Å². The molecule has 0 unspecified atom stereocenters. The minimum Gasteiger partial charge on any atom is -0.366 e. The van der Waals surface area contributed by atoms with Crippen LogP contribution < -0.4 is 10.2 Å². The van der Waals surface area contributed by atoms with Crippen LogP contribution in [-0.4, -0.2) is 30.0 Å². The third-order valence-corrected chi connectivity index (χ3v) is 5.62. The van der Waals surface area contributed by atoms with Crippen LogP contribution in [0.15, 0.2) is 18.2 Å². The van der Waals surface area contributed by atoms with Gasteiger partial charge in [0.15, 0.2) is 0 Å². The minimum atomic E-state index is -0.364. The zero-order chi connectivity index (χ0) is 18.5. The highest BCUT2D eigenvalue weighted by Gasteiger charge is 2.25. The molecular weight excluding hydrogens is 330 g/mol. The van der Waals surface area contributed by atoms with Gasteiger partial charge in [0, 0.05) is 30.8 Å². The van der Waals surface area contributed by atoms with Crippen molar-refractivity contribution in [3.05, 3.63) is 33.9 Å². The van der Waals surface area contributed by atoms with E-state index in [1.807, 2.05) is 0 Å². The molecule has 0 bridgehead atoms. The van der Waals surface area contributed by atoms with E-state index in [9.17, 15) is 14.9 Å². The van der Waals surface area contributed by atoms with Crippen molar-refractivity contribution in [2.75, 3.05) is 18.0 Å². The summed E-state index contributed by atoms with van der Waals surface area (Å²) in [6.45, 7) is 3.83. The molecule has 3 rings (SSSR count). The van der Waals surface area contributed by atoms with Gasteiger partial charge in [-0.05, 0) is 43.7 Å². The number of benzene rings is 1. The molecule has 2 aliphatic rings. The average Bonchev–Trinajstić information content (AvgIpc) is 2.89. The molecule has 1 saturated heterocycles. The fourth-order valence-corrected chi connectivity index (χ4v) is 4.18. The summed E-state index contributed by atoms with van der Waals surface area (Å²) < 4.78 is 0. The fourth-order valence-electron chi connectivity index (χ4n) is 4.18. The summed E-state index contributed by atoms with van der Waals surface area (Å²) in [5.74, 6) is 0.333. The second-order valence-electron chi connectivity index (χ2n) is 7.82. The quantitative estimate of drug-likeness (QED) is 0.494. The second kappa shape index (κ2) is 8.52. The lowest BCUT2D eigenvalue weighted by molar-refractivity contribution is -0.384. The van der Waals surface area contributed by atoms with E-state index >= 15 is 0 Å². The number of rotatable bonds is 4. The van der Waals surface area contributed by atoms with E-state index < -0.39 is 0 Å². The topological polar surface area (TPSA) is 75.5 Å². The molecule has 26 heavy (non-hydrogen) atoms. The van der Waals surface area contributed by atoms with Gasteiger partial charge in [-0.2, -0.15) is 0 Å². The lowest BCUT2D eigenvalue weighted by Crippen LogP contribution is -2.35. The molecule has 0 radical (unpaired) electrons. The number of hydrogen-bond acceptors (Lipinski definition) is 4. The first-order valence-corrected chi connectivity index (χ1v) is 9.89. The zero-order valence-corrected chi connectivity index (χ0v) is 15.6. The minimum absolute atomic E-state index is 0.0348. The molecule has 1 aliphatic heterocycles. The van der Waals surface area contributed by atoms with Gasteiger partial charge >= 0.3 is 0 Å². The van der Waals surface area contributed by atoms with Crippen molar-refractivity contribution in [1.82, 2.24) is 5.32 Å². The summed E-state index contributed by atoms with van der Waals surface area (Å²) in [4.78, 5) is 25.9. The van der Waals surface area contributed by atoms with Gasteiger partial charge in [-0.1, -0.05) is 32.6 Å². The van der Waals surface area contributed by atoms with Crippen molar-refractivity contribution in [2.24, 2.45) is 5.92 Å². The lowest BCUT2D eigenvalue weighted by Gasteiger charge is -2.32. The second-order valence-corrected chi connectivity index (χ2v) is 7.82. The van der Waals surface area contributed by atoms with E-state index in [2.05, 4.69) is 17.1 Å². The van der Waals surface area contributed by atoms with E-state index in [0.717, 1.165) is 51.6 Å². The summed E-state index contributed by atoms with van der Waals surface area (Å²) >= 11 is 0. The van der Waals surface area contributed by atoms with Crippen LogP contribution in [0.25, 0.3) is 0 Å². The van der Waals surface area contributed by atoms with Crippen LogP contribution in [0, 0.1) is 16.0 Å². The van der Waals surface area contributed by atoms with Gasteiger partial charge in [-0.15, -0.1) is 0 Å². The molecule has 1 amide bonds. The molecule has 0 aromatic heterocycles. The molecule has 1 aromatic carbocycles. The number of nitro benzene ring substituents is 1. The number of carbonyl (C=O) groups is 1. The third-order valence-electron chi connectivity index (χ3n) is 5.62. The van der Waals surface area contributed by atoms with E-state index in [1.165, 1.54) is 18.9 Å². The standard InChI is InChI=1S/C20H29N3O3/c1-15-7-6-12-22(14-15)18-11-10-16(13-19(18)23(25)26)20(24)21-17-8-4-2-3-5-9-17/h10-11,13,15,17H,2-9,12,14H2,1H3,(H,21,24)/t15-/m1/s1. The Kier molecular flexibility index (Phi) is 6.12. The molecular formula is C20H29N3O3. The number of amides is 1. The Morgan fingerprint density at radius 3 is 2.54 bits per heavy atom.